The molecule has 0 unspecified atom stereocenters. The minimum absolute atomic E-state index is 0.695. The molecular formula is C48H78N4. The fourth-order valence-electron chi connectivity index (χ4n) is 6.48. The first-order valence-electron chi connectivity index (χ1n) is 21.1. The van der Waals surface area contributed by atoms with Crippen molar-refractivity contribution in [2.45, 2.75) is 122 Å². The molecule has 0 saturated carbocycles. The molecule has 0 spiro atoms. The molecule has 52 heavy (non-hydrogen) atoms. The lowest BCUT2D eigenvalue weighted by molar-refractivity contribution is 0.535. The van der Waals surface area contributed by atoms with Crippen molar-refractivity contribution in [1.82, 2.24) is 0 Å². The summed E-state index contributed by atoms with van der Waals surface area (Å²) in [5.41, 5.74) is 7.58. The molecule has 0 N–H and O–H groups in total. The molecule has 4 nitrogen and oxygen atoms in total. The predicted octanol–water partition coefficient (Wildman–Crippen LogP) is 13.9. The summed E-state index contributed by atoms with van der Waals surface area (Å²) in [4.78, 5) is 10.2. The number of hydrogen-bond donors (Lipinski definition) is 0. The molecule has 0 aromatic heterocycles. The summed E-state index contributed by atoms with van der Waals surface area (Å²) in [6, 6.07) is 28.1. The van der Waals surface area contributed by atoms with E-state index >= 15 is 0 Å². The van der Waals surface area contributed by atoms with Crippen LogP contribution in [0.15, 0.2) is 72.8 Å². The molecule has 0 atom stereocenters. The van der Waals surface area contributed by atoms with Crippen molar-refractivity contribution in [3.05, 3.63) is 72.8 Å². The smallest absolute Gasteiger partial charge is 0.0463 e. The van der Waals surface area contributed by atoms with E-state index in [0.717, 1.165) is 39.3 Å². The first-order valence-corrected chi connectivity index (χ1v) is 21.1. The van der Waals surface area contributed by atoms with Gasteiger partial charge in [0.1, 0.15) is 0 Å². The molecule has 3 aromatic rings. The molecule has 0 aliphatic carbocycles. The van der Waals surface area contributed by atoms with Crippen molar-refractivity contribution in [1.29, 1.82) is 0 Å². The average molecular weight is 711 g/mol. The zero-order chi connectivity index (χ0) is 38.2. The lowest BCUT2D eigenvalue weighted by Crippen LogP contribution is -2.27. The highest BCUT2D eigenvalue weighted by atomic mass is 15.2. The number of hydrogen-bond acceptors (Lipinski definition) is 4. The maximum absolute atomic E-state index is 2.60. The van der Waals surface area contributed by atoms with Crippen molar-refractivity contribution in [3.8, 4) is 0 Å². The molecule has 4 heteroatoms. The Labute approximate surface area is 322 Å². The predicted molar refractivity (Wildman–Crippen MR) is 234 cm³/mol. The van der Waals surface area contributed by atoms with Crippen LogP contribution in [0, 0.1) is 35.5 Å². The molecule has 3 aromatic carbocycles. The van der Waals surface area contributed by atoms with Crippen molar-refractivity contribution >= 4 is 34.1 Å². The highest BCUT2D eigenvalue weighted by Gasteiger charge is 2.17. The monoisotopic (exact) mass is 711 g/mol. The summed E-state index contributed by atoms with van der Waals surface area (Å²) in [6.45, 7) is 34.6. The van der Waals surface area contributed by atoms with Gasteiger partial charge in [0.15, 0.2) is 0 Å². The molecule has 0 fully saturated rings. The first-order chi connectivity index (χ1) is 24.7. The third-order valence-electron chi connectivity index (χ3n) is 10.3. The van der Waals surface area contributed by atoms with E-state index < -0.39 is 0 Å². The largest absolute Gasteiger partial charge is 0.372 e. The first kappa shape index (κ1) is 43.3. The summed E-state index contributed by atoms with van der Waals surface area (Å²) in [7, 11) is 0. The second kappa shape index (κ2) is 22.2. The van der Waals surface area contributed by atoms with Crippen molar-refractivity contribution < 1.29 is 0 Å². The summed E-state index contributed by atoms with van der Waals surface area (Å²) in [6.07, 6.45) is 7.26. The number of nitrogens with zero attached hydrogens (tertiary/aromatic N) is 4. The minimum Gasteiger partial charge on any atom is -0.372 e. The lowest BCUT2D eigenvalue weighted by atomic mass is 10.1. The molecule has 0 aliphatic rings. The maximum Gasteiger partial charge on any atom is 0.0463 e. The summed E-state index contributed by atoms with van der Waals surface area (Å²) < 4.78 is 0. The van der Waals surface area contributed by atoms with Gasteiger partial charge in [0.2, 0.25) is 0 Å². The van der Waals surface area contributed by atoms with Gasteiger partial charge in [-0.2, -0.15) is 0 Å². The topological polar surface area (TPSA) is 13.0 Å². The highest BCUT2D eigenvalue weighted by molar-refractivity contribution is 5.79. The second-order valence-corrected chi connectivity index (χ2v) is 17.9. The maximum atomic E-state index is 2.60. The fourth-order valence-corrected chi connectivity index (χ4v) is 6.48. The van der Waals surface area contributed by atoms with Crippen LogP contribution < -0.4 is 19.6 Å². The number of anilines is 6. The summed E-state index contributed by atoms with van der Waals surface area (Å²) in [5, 5.41) is 0. The van der Waals surface area contributed by atoms with Crippen LogP contribution in [-0.2, 0) is 0 Å². The highest BCUT2D eigenvalue weighted by Crippen LogP contribution is 2.37. The van der Waals surface area contributed by atoms with Crippen molar-refractivity contribution in [2.24, 2.45) is 35.5 Å². The van der Waals surface area contributed by atoms with E-state index in [-0.39, 0.29) is 0 Å². The molecule has 0 bridgehead atoms. The van der Waals surface area contributed by atoms with Crippen LogP contribution >= 0.6 is 0 Å². The molecule has 290 valence electrons. The molecule has 3 rings (SSSR count). The Morgan fingerprint density at radius 3 is 0.577 bits per heavy atom. The van der Waals surface area contributed by atoms with Gasteiger partial charge in [-0.05, 0) is 147 Å². The normalized spacial score (nSPS) is 11.9. The third kappa shape index (κ3) is 15.1. The summed E-state index contributed by atoms with van der Waals surface area (Å²) in [5.74, 6) is 4.17. The van der Waals surface area contributed by atoms with Gasteiger partial charge >= 0.3 is 0 Å². The average Bonchev–Trinajstić information content (AvgIpc) is 3.09. The standard InChI is InChI=1S/C48H78N4/c1-37(2)25-31-49(32-26-38(3)4)43-13-19-46(20-14-43)52(47-21-15-44(16-22-47)50(33-27-39(5)6)34-28-40(7)8)48-23-17-45(18-24-48)51(35-29-41(9)10)36-30-42(11)12/h13-24,37-42H,25-36H2,1-12H3. The Bertz CT molecular complexity index is 1150. The quantitative estimate of drug-likeness (QED) is 0.0917. The third-order valence-corrected chi connectivity index (χ3v) is 10.3. The van der Waals surface area contributed by atoms with E-state index in [1.807, 2.05) is 0 Å². The SMILES string of the molecule is CC(C)CCN(CCC(C)C)c1ccc(N(c2ccc(N(CCC(C)C)CCC(C)C)cc2)c2ccc(N(CCC(C)C)CCC(C)C)cc2)cc1. The second-order valence-electron chi connectivity index (χ2n) is 17.9. The van der Waals surface area contributed by atoms with Gasteiger partial charge in [-0.1, -0.05) is 83.1 Å². The van der Waals surface area contributed by atoms with E-state index in [9.17, 15) is 0 Å². The number of benzene rings is 3. The van der Waals surface area contributed by atoms with Crippen molar-refractivity contribution in [2.75, 3.05) is 58.9 Å². The molecule has 0 radical (unpaired) electrons. The lowest BCUT2D eigenvalue weighted by Gasteiger charge is -2.31. The van der Waals surface area contributed by atoms with Gasteiger partial charge in [-0.25, -0.2) is 0 Å². The Morgan fingerprint density at radius 2 is 0.423 bits per heavy atom. The van der Waals surface area contributed by atoms with E-state index in [4.69, 9.17) is 0 Å². The van der Waals surface area contributed by atoms with Crippen LogP contribution in [0.4, 0.5) is 34.1 Å². The Hall–Kier alpha value is -3.14. The Morgan fingerprint density at radius 1 is 0.269 bits per heavy atom. The number of rotatable bonds is 24. The van der Waals surface area contributed by atoms with Crippen molar-refractivity contribution in [3.63, 3.8) is 0 Å². The molecular weight excluding hydrogens is 633 g/mol. The van der Waals surface area contributed by atoms with Gasteiger partial charge in [0.25, 0.3) is 0 Å². The van der Waals surface area contributed by atoms with Gasteiger partial charge < -0.3 is 19.6 Å². The van der Waals surface area contributed by atoms with Crippen LogP contribution in [0.25, 0.3) is 0 Å². The Kier molecular flexibility index (Phi) is 18.4. The van der Waals surface area contributed by atoms with Crippen LogP contribution in [0.1, 0.15) is 122 Å². The van der Waals surface area contributed by atoms with E-state index in [0.29, 0.717) is 35.5 Å². The van der Waals surface area contributed by atoms with Gasteiger partial charge in [0.05, 0.1) is 0 Å². The van der Waals surface area contributed by atoms with Crippen LogP contribution in [0.2, 0.25) is 0 Å². The molecule has 0 aliphatic heterocycles. The molecule has 0 saturated heterocycles. The van der Waals surface area contributed by atoms with Crippen LogP contribution in [0.5, 0.6) is 0 Å². The zero-order valence-electron chi connectivity index (χ0n) is 35.7. The summed E-state index contributed by atoms with van der Waals surface area (Å²) >= 11 is 0. The van der Waals surface area contributed by atoms with Gasteiger partial charge in [-0.15, -0.1) is 0 Å². The van der Waals surface area contributed by atoms with Crippen LogP contribution in [0.3, 0.4) is 0 Å². The van der Waals surface area contributed by atoms with Gasteiger partial charge in [-0.3, -0.25) is 0 Å². The van der Waals surface area contributed by atoms with E-state index in [1.54, 1.807) is 0 Å². The molecule has 0 heterocycles. The van der Waals surface area contributed by atoms with Gasteiger partial charge in [0, 0.05) is 73.4 Å². The van der Waals surface area contributed by atoms with E-state index in [1.165, 1.54) is 72.6 Å². The molecule has 0 amide bonds. The Balaban J connectivity index is 2.02. The zero-order valence-corrected chi connectivity index (χ0v) is 35.7. The van der Waals surface area contributed by atoms with Crippen LogP contribution in [-0.4, -0.2) is 39.3 Å². The minimum atomic E-state index is 0.695. The van der Waals surface area contributed by atoms with E-state index in [2.05, 4.69) is 175 Å². The fraction of sp³-hybridized carbons (Fsp3) is 0.625.